The number of aromatic amines is 1. The quantitative estimate of drug-likeness (QED) is 0.629. The van der Waals surface area contributed by atoms with Crippen LogP contribution >= 0.6 is 0 Å². The molecule has 1 aromatic carbocycles. The lowest BCUT2D eigenvalue weighted by Gasteiger charge is -2.01. The van der Waals surface area contributed by atoms with Gasteiger partial charge in [0.05, 0.1) is 11.9 Å². The zero-order valence-electron chi connectivity index (χ0n) is 10.6. The molecule has 2 rings (SSSR count). The number of para-hydroxylation sites is 1. The van der Waals surface area contributed by atoms with Crippen molar-refractivity contribution in [3.63, 3.8) is 0 Å². The molecule has 0 bridgehead atoms. The average molecular weight is 243 g/mol. The fourth-order valence-electron chi connectivity index (χ4n) is 1.76. The second-order valence-corrected chi connectivity index (χ2v) is 4.70. The van der Waals surface area contributed by atoms with Crippen LogP contribution in [-0.2, 0) is 4.79 Å². The molecule has 0 saturated heterocycles. The molecule has 1 amide bonds. The number of hydrazone groups is 1. The molecule has 0 saturated carbocycles. The van der Waals surface area contributed by atoms with Crippen molar-refractivity contribution in [1.82, 2.24) is 10.4 Å². The fourth-order valence-corrected chi connectivity index (χ4v) is 1.76. The molecule has 2 N–H and O–H groups in total. The van der Waals surface area contributed by atoms with Crippen LogP contribution in [0.1, 0.15) is 26.0 Å². The van der Waals surface area contributed by atoms with Crippen LogP contribution in [0.25, 0.3) is 10.9 Å². The summed E-state index contributed by atoms with van der Waals surface area (Å²) in [5.41, 5.74) is 4.46. The number of hydrogen-bond donors (Lipinski definition) is 2. The molecule has 4 heteroatoms. The molecule has 94 valence electrons. The van der Waals surface area contributed by atoms with Gasteiger partial charge in [0.15, 0.2) is 0 Å². The van der Waals surface area contributed by atoms with Gasteiger partial charge in [0, 0.05) is 17.3 Å². The highest BCUT2D eigenvalue weighted by atomic mass is 16.2. The molecule has 18 heavy (non-hydrogen) atoms. The number of nitrogens with one attached hydrogen (secondary N) is 2. The summed E-state index contributed by atoms with van der Waals surface area (Å²) in [7, 11) is 0. The van der Waals surface area contributed by atoms with Crippen molar-refractivity contribution in [2.24, 2.45) is 11.0 Å². The summed E-state index contributed by atoms with van der Waals surface area (Å²) in [5, 5.41) is 5.07. The Labute approximate surface area is 106 Å². The summed E-state index contributed by atoms with van der Waals surface area (Å²) >= 11 is 0. The smallest absolute Gasteiger partial charge is 0.240 e. The maximum absolute atomic E-state index is 11.4. The fraction of sp³-hybridized carbons (Fsp3) is 0.286. The molecule has 0 fully saturated rings. The summed E-state index contributed by atoms with van der Waals surface area (Å²) in [6, 6.07) is 9.99. The van der Waals surface area contributed by atoms with Gasteiger partial charge in [-0.1, -0.05) is 32.0 Å². The van der Waals surface area contributed by atoms with Crippen LogP contribution in [0.15, 0.2) is 35.4 Å². The number of nitrogens with zero attached hydrogens (tertiary/aromatic N) is 1. The van der Waals surface area contributed by atoms with Crippen molar-refractivity contribution < 1.29 is 4.79 Å². The van der Waals surface area contributed by atoms with Gasteiger partial charge in [-0.15, -0.1) is 0 Å². The second kappa shape index (κ2) is 5.49. The van der Waals surface area contributed by atoms with E-state index >= 15 is 0 Å². The van der Waals surface area contributed by atoms with Crippen molar-refractivity contribution >= 4 is 23.0 Å². The Balaban J connectivity index is 1.98. The van der Waals surface area contributed by atoms with Crippen LogP contribution < -0.4 is 5.43 Å². The molecule has 0 aliphatic heterocycles. The molecule has 0 aliphatic carbocycles. The van der Waals surface area contributed by atoms with Crippen LogP contribution in [0.3, 0.4) is 0 Å². The normalized spacial score (nSPS) is 11.5. The van der Waals surface area contributed by atoms with Crippen molar-refractivity contribution in [2.75, 3.05) is 0 Å². The Kier molecular flexibility index (Phi) is 3.77. The lowest BCUT2D eigenvalue weighted by Crippen LogP contribution is -2.19. The van der Waals surface area contributed by atoms with Gasteiger partial charge in [-0.25, -0.2) is 5.43 Å². The number of aromatic nitrogens is 1. The first-order valence-electron chi connectivity index (χ1n) is 6.05. The Hall–Kier alpha value is -2.10. The van der Waals surface area contributed by atoms with E-state index in [0.29, 0.717) is 12.3 Å². The molecule has 1 aromatic heterocycles. The molecule has 0 unspecified atom stereocenters. The molecular weight excluding hydrogens is 226 g/mol. The summed E-state index contributed by atoms with van der Waals surface area (Å²) in [6.45, 7) is 4.00. The molecule has 4 nitrogen and oxygen atoms in total. The topological polar surface area (TPSA) is 57.2 Å². The first-order chi connectivity index (χ1) is 8.65. The highest BCUT2D eigenvalue weighted by molar-refractivity contribution is 5.90. The van der Waals surface area contributed by atoms with Gasteiger partial charge in [0.2, 0.25) is 5.91 Å². The Bertz CT molecular complexity index is 536. The van der Waals surface area contributed by atoms with E-state index in [1.165, 1.54) is 0 Å². The van der Waals surface area contributed by atoms with E-state index in [-0.39, 0.29) is 5.91 Å². The first kappa shape index (κ1) is 12.4. The third-order valence-electron chi connectivity index (χ3n) is 2.54. The van der Waals surface area contributed by atoms with Gasteiger partial charge >= 0.3 is 0 Å². The van der Waals surface area contributed by atoms with Gasteiger partial charge in [0.25, 0.3) is 0 Å². The minimum absolute atomic E-state index is 0.0580. The summed E-state index contributed by atoms with van der Waals surface area (Å²) < 4.78 is 0. The number of hydrogen-bond acceptors (Lipinski definition) is 2. The summed E-state index contributed by atoms with van der Waals surface area (Å²) in [4.78, 5) is 14.6. The van der Waals surface area contributed by atoms with E-state index in [4.69, 9.17) is 0 Å². The zero-order valence-corrected chi connectivity index (χ0v) is 10.6. The highest BCUT2D eigenvalue weighted by Crippen LogP contribution is 2.13. The molecule has 0 atom stereocenters. The van der Waals surface area contributed by atoms with Crippen molar-refractivity contribution in [3.05, 3.63) is 36.0 Å². The van der Waals surface area contributed by atoms with E-state index in [1.54, 1.807) is 6.21 Å². The van der Waals surface area contributed by atoms with Crippen molar-refractivity contribution in [2.45, 2.75) is 20.3 Å². The standard InChI is InChI=1S/C14H17N3O/c1-10(2)7-14(18)17-15-9-12-8-11-5-3-4-6-13(11)16-12/h3-6,8-10,16H,7H2,1-2H3,(H,17,18)/b15-9+. The van der Waals surface area contributed by atoms with Crippen LogP contribution in [0.5, 0.6) is 0 Å². The molecular formula is C14H17N3O. The lowest BCUT2D eigenvalue weighted by atomic mass is 10.1. The van der Waals surface area contributed by atoms with Crippen molar-refractivity contribution in [1.29, 1.82) is 0 Å². The predicted molar refractivity (Wildman–Crippen MR) is 73.5 cm³/mol. The monoisotopic (exact) mass is 243 g/mol. The lowest BCUT2D eigenvalue weighted by molar-refractivity contribution is -0.121. The highest BCUT2D eigenvalue weighted by Gasteiger charge is 2.02. The van der Waals surface area contributed by atoms with E-state index in [0.717, 1.165) is 16.6 Å². The number of fused-ring (bicyclic) bond motifs is 1. The minimum Gasteiger partial charge on any atom is -0.354 e. The van der Waals surface area contributed by atoms with Gasteiger partial charge in [-0.3, -0.25) is 4.79 Å². The third kappa shape index (κ3) is 3.20. The molecule has 1 heterocycles. The predicted octanol–water partition coefficient (Wildman–Crippen LogP) is 2.66. The van der Waals surface area contributed by atoms with Gasteiger partial charge in [-0.05, 0) is 18.1 Å². The Morgan fingerprint density at radius 1 is 1.44 bits per heavy atom. The van der Waals surface area contributed by atoms with E-state index in [9.17, 15) is 4.79 Å². The SMILES string of the molecule is CC(C)CC(=O)N/N=C/c1cc2ccccc2[nH]1. The first-order valence-corrected chi connectivity index (χ1v) is 6.05. The average Bonchev–Trinajstić information content (AvgIpc) is 2.70. The number of benzene rings is 1. The molecule has 2 aromatic rings. The molecule has 0 spiro atoms. The summed E-state index contributed by atoms with van der Waals surface area (Å²) in [6.07, 6.45) is 2.11. The largest absolute Gasteiger partial charge is 0.354 e. The van der Waals surface area contributed by atoms with Crippen LogP contribution in [-0.4, -0.2) is 17.1 Å². The Morgan fingerprint density at radius 2 is 2.22 bits per heavy atom. The number of H-pyrrole nitrogens is 1. The van der Waals surface area contributed by atoms with Crippen molar-refractivity contribution in [3.8, 4) is 0 Å². The number of carbonyl (C=O) groups is 1. The van der Waals surface area contributed by atoms with Gasteiger partial charge in [-0.2, -0.15) is 5.10 Å². The van der Waals surface area contributed by atoms with Crippen LogP contribution in [0, 0.1) is 5.92 Å². The molecule has 0 radical (unpaired) electrons. The second-order valence-electron chi connectivity index (χ2n) is 4.70. The number of amides is 1. The third-order valence-corrected chi connectivity index (χ3v) is 2.54. The van der Waals surface area contributed by atoms with E-state index < -0.39 is 0 Å². The Morgan fingerprint density at radius 3 is 2.94 bits per heavy atom. The van der Waals surface area contributed by atoms with E-state index in [2.05, 4.69) is 15.5 Å². The van der Waals surface area contributed by atoms with Crippen LogP contribution in [0.2, 0.25) is 0 Å². The van der Waals surface area contributed by atoms with Gasteiger partial charge < -0.3 is 4.98 Å². The number of rotatable bonds is 4. The van der Waals surface area contributed by atoms with Gasteiger partial charge in [0.1, 0.15) is 0 Å². The van der Waals surface area contributed by atoms with Crippen LogP contribution in [0.4, 0.5) is 0 Å². The molecule has 0 aliphatic rings. The summed E-state index contributed by atoms with van der Waals surface area (Å²) in [5.74, 6) is 0.283. The minimum atomic E-state index is -0.0580. The maximum Gasteiger partial charge on any atom is 0.240 e. The van der Waals surface area contributed by atoms with E-state index in [1.807, 2.05) is 44.2 Å². The maximum atomic E-state index is 11.4. The zero-order chi connectivity index (χ0) is 13.0. The number of carbonyl (C=O) groups excluding carboxylic acids is 1.